The third-order valence-electron chi connectivity index (χ3n) is 2.40. The van der Waals surface area contributed by atoms with Crippen LogP contribution < -0.4 is 5.32 Å². The Morgan fingerprint density at radius 2 is 1.58 bits per heavy atom. The van der Waals surface area contributed by atoms with Crippen LogP contribution in [0, 0.1) is 0 Å². The van der Waals surface area contributed by atoms with Crippen LogP contribution in [-0.4, -0.2) is 11.0 Å². The summed E-state index contributed by atoms with van der Waals surface area (Å²) in [5.74, 6) is -0.189. The van der Waals surface area contributed by atoms with Crippen LogP contribution in [-0.2, 0) is 0 Å². The molecule has 2 aromatic carbocycles. The maximum Gasteiger partial charge on any atom is 0.255 e. The summed E-state index contributed by atoms with van der Waals surface area (Å²) in [5.41, 5.74) is 1.13. The van der Waals surface area contributed by atoms with Crippen molar-refractivity contribution in [2.45, 2.75) is 0 Å². The zero-order valence-electron chi connectivity index (χ0n) is 9.45. The van der Waals surface area contributed by atoms with Crippen LogP contribution in [0.3, 0.4) is 0 Å². The molecule has 0 heterocycles. The molecule has 0 atom stereocenters. The van der Waals surface area contributed by atoms with Crippen molar-refractivity contribution in [1.82, 2.24) is 0 Å². The van der Waals surface area contributed by atoms with Crippen LogP contribution in [0.15, 0.2) is 49.8 Å². The number of hydrogen-bond donors (Lipinski definition) is 2. The topological polar surface area (TPSA) is 49.3 Å². The van der Waals surface area contributed by atoms with E-state index in [0.29, 0.717) is 20.2 Å². The maximum absolute atomic E-state index is 12.1. The van der Waals surface area contributed by atoms with E-state index in [-0.39, 0.29) is 11.7 Å². The smallest absolute Gasteiger partial charge is 0.255 e. The van der Waals surface area contributed by atoms with E-state index in [0.717, 1.165) is 4.47 Å². The Morgan fingerprint density at radius 1 is 1.00 bits per heavy atom. The summed E-state index contributed by atoms with van der Waals surface area (Å²) >= 11 is 9.76. The monoisotopic (exact) mass is 447 g/mol. The standard InChI is InChI=1S/C13H8Br3NO2/c14-8-3-1-2-4-11(8)17-13(19)7-5-9(15)12(18)10(16)6-7/h1-6,18H,(H,17,19). The molecule has 2 aromatic rings. The average molecular weight is 450 g/mol. The Hall–Kier alpha value is -0.850. The number of hydrogen-bond acceptors (Lipinski definition) is 2. The lowest BCUT2D eigenvalue weighted by Crippen LogP contribution is -2.12. The highest BCUT2D eigenvalue weighted by Crippen LogP contribution is 2.33. The summed E-state index contributed by atoms with van der Waals surface area (Å²) in [6.07, 6.45) is 0. The Labute approximate surface area is 135 Å². The van der Waals surface area contributed by atoms with Crippen molar-refractivity contribution in [1.29, 1.82) is 0 Å². The van der Waals surface area contributed by atoms with Crippen LogP contribution in [0.25, 0.3) is 0 Å². The number of aromatic hydroxyl groups is 1. The minimum absolute atomic E-state index is 0.0671. The molecule has 0 spiro atoms. The van der Waals surface area contributed by atoms with Gasteiger partial charge in [0.15, 0.2) is 0 Å². The number of phenolic OH excluding ortho intramolecular Hbond substituents is 1. The predicted molar refractivity (Wildman–Crippen MR) is 85.6 cm³/mol. The highest BCUT2D eigenvalue weighted by Gasteiger charge is 2.12. The van der Waals surface area contributed by atoms with Crippen molar-refractivity contribution in [3.63, 3.8) is 0 Å². The summed E-state index contributed by atoms with van der Waals surface area (Å²) in [6, 6.07) is 10.5. The molecule has 1 amide bonds. The Bertz CT molecular complexity index is 621. The maximum atomic E-state index is 12.1. The lowest BCUT2D eigenvalue weighted by Gasteiger charge is -2.09. The van der Waals surface area contributed by atoms with Gasteiger partial charge in [-0.3, -0.25) is 4.79 Å². The summed E-state index contributed by atoms with van der Waals surface area (Å²) in [7, 11) is 0. The first kappa shape index (κ1) is 14.6. The minimum atomic E-state index is -0.256. The second kappa shape index (κ2) is 6.07. The molecule has 0 saturated heterocycles. The first-order chi connectivity index (χ1) is 8.99. The van der Waals surface area contributed by atoms with E-state index < -0.39 is 0 Å². The molecule has 3 nitrogen and oxygen atoms in total. The Morgan fingerprint density at radius 3 is 2.16 bits per heavy atom. The quantitative estimate of drug-likeness (QED) is 0.682. The number of para-hydroxylation sites is 1. The van der Waals surface area contributed by atoms with Crippen molar-refractivity contribution in [2.24, 2.45) is 0 Å². The van der Waals surface area contributed by atoms with Crippen LogP contribution in [0.2, 0.25) is 0 Å². The van der Waals surface area contributed by atoms with Crippen LogP contribution in [0.1, 0.15) is 10.4 Å². The Kier molecular flexibility index (Phi) is 4.65. The predicted octanol–water partition coefficient (Wildman–Crippen LogP) is 4.93. The molecule has 0 aliphatic heterocycles. The van der Waals surface area contributed by atoms with Crippen molar-refractivity contribution in [3.05, 3.63) is 55.4 Å². The summed E-state index contributed by atoms with van der Waals surface area (Å²) < 4.78 is 1.72. The van der Waals surface area contributed by atoms with Gasteiger partial charge in [0.2, 0.25) is 0 Å². The van der Waals surface area contributed by atoms with Crippen molar-refractivity contribution in [2.75, 3.05) is 5.32 Å². The number of carbonyl (C=O) groups is 1. The van der Waals surface area contributed by atoms with Crippen LogP contribution in [0.4, 0.5) is 5.69 Å². The van der Waals surface area contributed by atoms with E-state index in [4.69, 9.17) is 0 Å². The van der Waals surface area contributed by atoms with Crippen molar-refractivity contribution in [3.8, 4) is 5.75 Å². The van der Waals surface area contributed by atoms with Gasteiger partial charge in [-0.15, -0.1) is 0 Å². The van der Waals surface area contributed by atoms with Gasteiger partial charge in [0.25, 0.3) is 5.91 Å². The molecule has 0 bridgehead atoms. The number of rotatable bonds is 2. The van der Waals surface area contributed by atoms with Crippen molar-refractivity contribution < 1.29 is 9.90 Å². The largest absolute Gasteiger partial charge is 0.506 e. The van der Waals surface area contributed by atoms with E-state index in [9.17, 15) is 9.90 Å². The molecular formula is C13H8Br3NO2. The van der Waals surface area contributed by atoms with Gasteiger partial charge in [0, 0.05) is 10.0 Å². The van der Waals surface area contributed by atoms with Gasteiger partial charge in [-0.25, -0.2) is 0 Å². The summed E-state index contributed by atoms with van der Waals surface area (Å²) in [6.45, 7) is 0. The van der Waals surface area contributed by atoms with Crippen LogP contribution in [0.5, 0.6) is 5.75 Å². The second-order valence-electron chi connectivity index (χ2n) is 3.72. The first-order valence-corrected chi connectivity index (χ1v) is 7.61. The van der Waals surface area contributed by atoms with Gasteiger partial charge in [-0.05, 0) is 72.1 Å². The number of carbonyl (C=O) groups excluding carboxylic acids is 1. The summed E-state index contributed by atoms with van der Waals surface area (Å²) in [5, 5.41) is 12.4. The van der Waals surface area contributed by atoms with Gasteiger partial charge in [-0.2, -0.15) is 0 Å². The molecule has 2 N–H and O–H groups in total. The van der Waals surface area contributed by atoms with Gasteiger partial charge in [0.05, 0.1) is 14.6 Å². The molecule has 98 valence electrons. The molecule has 2 rings (SSSR count). The number of phenols is 1. The molecule has 0 fully saturated rings. The minimum Gasteiger partial charge on any atom is -0.506 e. The van der Waals surface area contributed by atoms with Crippen molar-refractivity contribution >= 4 is 59.4 Å². The first-order valence-electron chi connectivity index (χ1n) is 5.23. The third-order valence-corrected chi connectivity index (χ3v) is 4.30. The van der Waals surface area contributed by atoms with E-state index in [1.807, 2.05) is 18.2 Å². The third kappa shape index (κ3) is 3.38. The van der Waals surface area contributed by atoms with E-state index in [1.54, 1.807) is 18.2 Å². The molecule has 0 aliphatic carbocycles. The molecule has 0 saturated carbocycles. The molecule has 0 unspecified atom stereocenters. The molecular weight excluding hydrogens is 442 g/mol. The van der Waals surface area contributed by atoms with Gasteiger partial charge in [-0.1, -0.05) is 12.1 Å². The molecule has 6 heteroatoms. The normalized spacial score (nSPS) is 10.3. The Balaban J connectivity index is 2.28. The average Bonchev–Trinajstić information content (AvgIpc) is 2.38. The molecule has 0 radical (unpaired) electrons. The number of amides is 1. The summed E-state index contributed by atoms with van der Waals surface area (Å²) in [4.78, 5) is 12.1. The van der Waals surface area contributed by atoms with E-state index >= 15 is 0 Å². The highest BCUT2D eigenvalue weighted by molar-refractivity contribution is 9.11. The zero-order chi connectivity index (χ0) is 14.0. The molecule has 19 heavy (non-hydrogen) atoms. The van der Waals surface area contributed by atoms with E-state index in [2.05, 4.69) is 53.1 Å². The SMILES string of the molecule is O=C(Nc1ccccc1Br)c1cc(Br)c(O)c(Br)c1. The van der Waals surface area contributed by atoms with Gasteiger partial charge < -0.3 is 10.4 Å². The lowest BCUT2D eigenvalue weighted by molar-refractivity contribution is 0.102. The fraction of sp³-hybridized carbons (Fsp3) is 0. The van der Waals surface area contributed by atoms with Gasteiger partial charge >= 0.3 is 0 Å². The van der Waals surface area contributed by atoms with Gasteiger partial charge in [0.1, 0.15) is 5.75 Å². The number of anilines is 1. The van der Waals surface area contributed by atoms with E-state index in [1.165, 1.54) is 0 Å². The lowest BCUT2D eigenvalue weighted by atomic mass is 10.2. The fourth-order valence-corrected chi connectivity index (χ4v) is 3.02. The number of benzene rings is 2. The van der Waals surface area contributed by atoms with Crippen LogP contribution >= 0.6 is 47.8 Å². The second-order valence-corrected chi connectivity index (χ2v) is 6.29. The molecule has 0 aromatic heterocycles. The fourth-order valence-electron chi connectivity index (χ4n) is 1.45. The number of halogens is 3. The molecule has 0 aliphatic rings. The number of nitrogens with one attached hydrogen (secondary N) is 1. The highest BCUT2D eigenvalue weighted by atomic mass is 79.9. The zero-order valence-corrected chi connectivity index (χ0v) is 14.2.